The lowest BCUT2D eigenvalue weighted by Crippen LogP contribution is -2.38. The summed E-state index contributed by atoms with van der Waals surface area (Å²) in [6, 6.07) is 10.4. The Labute approximate surface area is 102 Å². The average Bonchev–Trinajstić information content (AvgIpc) is 2.33. The minimum atomic E-state index is 0.00500. The summed E-state index contributed by atoms with van der Waals surface area (Å²) in [7, 11) is 1.96. The van der Waals surface area contributed by atoms with Gasteiger partial charge in [0.2, 0.25) is 5.90 Å². The predicted octanol–water partition coefficient (Wildman–Crippen LogP) is 2.97. The van der Waals surface area contributed by atoms with Gasteiger partial charge in [-0.05, 0) is 19.4 Å². The molecule has 0 saturated heterocycles. The van der Waals surface area contributed by atoms with Gasteiger partial charge >= 0.3 is 0 Å². The molecule has 0 N–H and O–H groups in total. The molecule has 90 valence electrons. The lowest BCUT2D eigenvalue weighted by atomic mass is 10.0. The summed E-state index contributed by atoms with van der Waals surface area (Å²) in [6.07, 6.45) is 0.00500. The molecule has 0 aliphatic carbocycles. The maximum atomic E-state index is 5.93. The minimum Gasteiger partial charge on any atom is -0.466 e. The molecular formula is C14H18N2O. The smallest absolute Gasteiger partial charge is 0.233 e. The number of ether oxygens (including phenoxy) is 1. The molecule has 1 aliphatic heterocycles. The molecule has 0 aromatic heterocycles. The molecule has 1 heterocycles. The minimum absolute atomic E-state index is 0.00500. The second-order valence-electron chi connectivity index (χ2n) is 4.45. The third kappa shape index (κ3) is 2.33. The first-order chi connectivity index (χ1) is 8.09. The largest absolute Gasteiger partial charge is 0.466 e. The molecule has 3 nitrogen and oxygen atoms in total. The molecule has 0 radical (unpaired) electrons. The Morgan fingerprint density at radius 2 is 2.00 bits per heavy atom. The first kappa shape index (κ1) is 11.7. The van der Waals surface area contributed by atoms with Gasteiger partial charge in [-0.1, -0.05) is 36.9 Å². The van der Waals surface area contributed by atoms with Crippen molar-refractivity contribution in [1.29, 1.82) is 0 Å². The van der Waals surface area contributed by atoms with Crippen LogP contribution in [0.2, 0.25) is 0 Å². The van der Waals surface area contributed by atoms with E-state index in [0.717, 1.165) is 5.57 Å². The zero-order valence-corrected chi connectivity index (χ0v) is 10.6. The van der Waals surface area contributed by atoms with Crippen molar-refractivity contribution in [3.8, 4) is 0 Å². The molecule has 3 heteroatoms. The van der Waals surface area contributed by atoms with Crippen LogP contribution in [0.5, 0.6) is 0 Å². The highest BCUT2D eigenvalue weighted by Gasteiger charge is 2.30. The third-order valence-electron chi connectivity index (χ3n) is 3.01. The first-order valence-electron chi connectivity index (χ1n) is 5.78. The summed E-state index contributed by atoms with van der Waals surface area (Å²) < 4.78 is 5.93. The summed E-state index contributed by atoms with van der Waals surface area (Å²) in [6.45, 7) is 7.90. The molecule has 0 unspecified atom stereocenters. The van der Waals surface area contributed by atoms with Crippen molar-refractivity contribution in [2.75, 3.05) is 7.05 Å². The quantitative estimate of drug-likeness (QED) is 0.780. The SMILES string of the molecule is C=C(C)C1=NN(C)[C@@H](C)[C@@H](c2ccccc2)O1. The number of likely N-dealkylation sites (N-methyl/N-ethyl adjacent to an activating group) is 1. The van der Waals surface area contributed by atoms with Gasteiger partial charge in [0.25, 0.3) is 0 Å². The monoisotopic (exact) mass is 230 g/mol. The van der Waals surface area contributed by atoms with Gasteiger partial charge in [0.15, 0.2) is 0 Å². The standard InChI is InChI=1S/C14H18N2O/c1-10(2)14-15-16(4)11(3)13(17-14)12-8-6-5-7-9-12/h5-9,11,13H,1H2,2-4H3/t11-,13-/m0/s1. The van der Waals surface area contributed by atoms with Crippen LogP contribution in [0.1, 0.15) is 25.5 Å². The second kappa shape index (κ2) is 4.62. The molecule has 2 atom stereocenters. The Morgan fingerprint density at radius 3 is 2.59 bits per heavy atom. The topological polar surface area (TPSA) is 24.8 Å². The molecule has 2 rings (SSSR count). The molecule has 0 saturated carbocycles. The maximum absolute atomic E-state index is 5.93. The van der Waals surface area contributed by atoms with Crippen molar-refractivity contribution >= 4 is 5.90 Å². The summed E-state index contributed by atoms with van der Waals surface area (Å²) in [4.78, 5) is 0. The Kier molecular flexibility index (Phi) is 3.18. The van der Waals surface area contributed by atoms with Crippen LogP contribution >= 0.6 is 0 Å². The molecule has 1 aromatic rings. The number of rotatable bonds is 2. The van der Waals surface area contributed by atoms with Gasteiger partial charge < -0.3 is 4.74 Å². The fourth-order valence-electron chi connectivity index (χ4n) is 1.85. The molecule has 0 bridgehead atoms. The summed E-state index contributed by atoms with van der Waals surface area (Å²) in [5, 5.41) is 6.30. The molecule has 0 fully saturated rings. The average molecular weight is 230 g/mol. The van der Waals surface area contributed by atoms with Gasteiger partial charge in [0.1, 0.15) is 6.10 Å². The van der Waals surface area contributed by atoms with Gasteiger partial charge in [-0.15, -0.1) is 5.10 Å². The van der Waals surface area contributed by atoms with Crippen LogP contribution in [0.25, 0.3) is 0 Å². The second-order valence-corrected chi connectivity index (χ2v) is 4.45. The van der Waals surface area contributed by atoms with Crippen LogP contribution in [0, 0.1) is 0 Å². The zero-order valence-electron chi connectivity index (χ0n) is 10.6. The van der Waals surface area contributed by atoms with E-state index in [9.17, 15) is 0 Å². The van der Waals surface area contributed by atoms with E-state index in [2.05, 4.69) is 30.7 Å². The van der Waals surface area contributed by atoms with Crippen LogP contribution in [0.4, 0.5) is 0 Å². The highest BCUT2D eigenvalue weighted by atomic mass is 16.5. The van der Waals surface area contributed by atoms with Gasteiger partial charge in [-0.25, -0.2) is 0 Å². The molecular weight excluding hydrogens is 212 g/mol. The van der Waals surface area contributed by atoms with Crippen LogP contribution in [-0.2, 0) is 4.74 Å². The highest BCUT2D eigenvalue weighted by molar-refractivity contribution is 5.92. The molecule has 0 spiro atoms. The normalized spacial score (nSPS) is 23.9. The van der Waals surface area contributed by atoms with E-state index in [0.29, 0.717) is 5.90 Å². The van der Waals surface area contributed by atoms with E-state index < -0.39 is 0 Å². The van der Waals surface area contributed by atoms with E-state index in [1.807, 2.05) is 37.2 Å². The maximum Gasteiger partial charge on any atom is 0.233 e. The summed E-state index contributed by atoms with van der Waals surface area (Å²) in [5.74, 6) is 0.624. The lowest BCUT2D eigenvalue weighted by molar-refractivity contribution is 0.0529. The zero-order chi connectivity index (χ0) is 12.4. The molecule has 17 heavy (non-hydrogen) atoms. The predicted molar refractivity (Wildman–Crippen MR) is 69.7 cm³/mol. The summed E-state index contributed by atoms with van der Waals surface area (Å²) >= 11 is 0. The van der Waals surface area contributed by atoms with Crippen molar-refractivity contribution in [3.05, 3.63) is 48.0 Å². The lowest BCUT2D eigenvalue weighted by Gasteiger charge is -2.35. The number of hydrogen-bond acceptors (Lipinski definition) is 3. The van der Waals surface area contributed by atoms with Crippen LogP contribution in [0.3, 0.4) is 0 Å². The van der Waals surface area contributed by atoms with E-state index in [1.165, 1.54) is 5.56 Å². The molecule has 0 amide bonds. The first-order valence-corrected chi connectivity index (χ1v) is 5.78. The van der Waals surface area contributed by atoms with Crippen molar-refractivity contribution in [1.82, 2.24) is 5.01 Å². The Hall–Kier alpha value is -1.77. The van der Waals surface area contributed by atoms with Gasteiger partial charge in [-0.3, -0.25) is 5.01 Å². The van der Waals surface area contributed by atoms with Gasteiger partial charge in [0, 0.05) is 12.6 Å². The molecule has 1 aliphatic rings. The Bertz CT molecular complexity index is 439. The van der Waals surface area contributed by atoms with E-state index in [-0.39, 0.29) is 12.1 Å². The third-order valence-corrected chi connectivity index (χ3v) is 3.01. The number of hydrogen-bond donors (Lipinski definition) is 0. The number of hydrazone groups is 1. The van der Waals surface area contributed by atoms with Gasteiger partial charge in [-0.2, -0.15) is 0 Å². The van der Waals surface area contributed by atoms with Crippen molar-refractivity contribution in [2.45, 2.75) is 26.0 Å². The van der Waals surface area contributed by atoms with Crippen molar-refractivity contribution in [2.24, 2.45) is 5.10 Å². The van der Waals surface area contributed by atoms with E-state index in [1.54, 1.807) is 0 Å². The van der Waals surface area contributed by atoms with Crippen LogP contribution < -0.4 is 0 Å². The van der Waals surface area contributed by atoms with E-state index >= 15 is 0 Å². The van der Waals surface area contributed by atoms with Gasteiger partial charge in [0.05, 0.1) is 6.04 Å². The fraction of sp³-hybridized carbons (Fsp3) is 0.357. The Morgan fingerprint density at radius 1 is 1.35 bits per heavy atom. The molecule has 1 aromatic carbocycles. The number of nitrogens with zero attached hydrogens (tertiary/aromatic N) is 2. The fourth-order valence-corrected chi connectivity index (χ4v) is 1.85. The van der Waals surface area contributed by atoms with Crippen molar-refractivity contribution < 1.29 is 4.74 Å². The van der Waals surface area contributed by atoms with Crippen LogP contribution in [-0.4, -0.2) is 24.0 Å². The highest BCUT2D eigenvalue weighted by Crippen LogP contribution is 2.29. The number of benzene rings is 1. The van der Waals surface area contributed by atoms with Crippen LogP contribution in [0.15, 0.2) is 47.6 Å². The summed E-state index contributed by atoms with van der Waals surface area (Å²) in [5.41, 5.74) is 2.02. The van der Waals surface area contributed by atoms with E-state index in [4.69, 9.17) is 4.74 Å². The van der Waals surface area contributed by atoms with Crippen molar-refractivity contribution in [3.63, 3.8) is 0 Å². The Balaban J connectivity index is 2.31.